The highest BCUT2D eigenvalue weighted by Gasteiger charge is 2.13. The summed E-state index contributed by atoms with van der Waals surface area (Å²) in [6.45, 7) is 0.860. The average molecular weight is 415 g/mol. The molecule has 0 heterocycles. The largest absolute Gasteiger partial charge is 0.319 e. The van der Waals surface area contributed by atoms with Crippen molar-refractivity contribution in [3.8, 4) is 0 Å². The van der Waals surface area contributed by atoms with Gasteiger partial charge >= 0.3 is 0 Å². The molecule has 2 rings (SSSR count). The highest BCUT2D eigenvalue weighted by Crippen LogP contribution is 2.21. The van der Waals surface area contributed by atoms with Crippen LogP contribution in [0, 0.1) is 11.7 Å². The van der Waals surface area contributed by atoms with E-state index in [1.165, 1.54) is 11.6 Å². The van der Waals surface area contributed by atoms with Gasteiger partial charge in [0, 0.05) is 8.95 Å². The summed E-state index contributed by atoms with van der Waals surface area (Å²) < 4.78 is 15.9. The molecule has 0 aliphatic rings. The molecule has 0 aliphatic heterocycles. The molecule has 0 amide bonds. The Kier molecular flexibility index (Phi) is 6.40. The molecule has 0 saturated carbocycles. The zero-order valence-electron chi connectivity index (χ0n) is 11.9. The molecule has 1 unspecified atom stereocenters. The quantitative estimate of drug-likeness (QED) is 0.703. The van der Waals surface area contributed by atoms with Crippen molar-refractivity contribution < 1.29 is 4.39 Å². The fourth-order valence-corrected chi connectivity index (χ4v) is 3.37. The Bertz CT molecular complexity index is 601. The molecule has 4 heteroatoms. The van der Waals surface area contributed by atoms with Crippen LogP contribution in [-0.4, -0.2) is 13.6 Å². The van der Waals surface area contributed by atoms with E-state index in [0.717, 1.165) is 33.9 Å². The molecule has 1 N–H and O–H groups in total. The highest BCUT2D eigenvalue weighted by molar-refractivity contribution is 9.10. The Balaban J connectivity index is 2.13. The first-order valence-electron chi connectivity index (χ1n) is 6.91. The third-order valence-corrected chi connectivity index (χ3v) is 4.41. The lowest BCUT2D eigenvalue weighted by Crippen LogP contribution is -2.23. The van der Waals surface area contributed by atoms with Crippen LogP contribution in [0.2, 0.25) is 0 Å². The Morgan fingerprint density at radius 2 is 1.81 bits per heavy atom. The summed E-state index contributed by atoms with van der Waals surface area (Å²) in [5.41, 5.74) is 2.03. The Morgan fingerprint density at radius 1 is 1.05 bits per heavy atom. The predicted molar refractivity (Wildman–Crippen MR) is 93.1 cm³/mol. The van der Waals surface area contributed by atoms with Gasteiger partial charge in [0.15, 0.2) is 0 Å². The summed E-state index contributed by atoms with van der Waals surface area (Å²) in [7, 11) is 1.94. The second-order valence-electron chi connectivity index (χ2n) is 5.20. The minimum absolute atomic E-state index is 0.131. The monoisotopic (exact) mass is 413 g/mol. The lowest BCUT2D eigenvalue weighted by atomic mass is 9.92. The van der Waals surface area contributed by atoms with Gasteiger partial charge in [-0.1, -0.05) is 44.0 Å². The van der Waals surface area contributed by atoms with Crippen molar-refractivity contribution in [3.05, 3.63) is 68.4 Å². The van der Waals surface area contributed by atoms with Gasteiger partial charge in [-0.2, -0.15) is 0 Å². The van der Waals surface area contributed by atoms with Crippen LogP contribution in [0.25, 0.3) is 0 Å². The summed E-state index contributed by atoms with van der Waals surface area (Å²) in [6, 6.07) is 13.4. The van der Waals surface area contributed by atoms with Gasteiger partial charge in [0.25, 0.3) is 0 Å². The third-order valence-electron chi connectivity index (χ3n) is 3.42. The van der Waals surface area contributed by atoms with E-state index in [9.17, 15) is 4.39 Å². The van der Waals surface area contributed by atoms with Gasteiger partial charge in [-0.3, -0.25) is 0 Å². The van der Waals surface area contributed by atoms with Crippen molar-refractivity contribution in [3.63, 3.8) is 0 Å². The van der Waals surface area contributed by atoms with Gasteiger partial charge in [0.1, 0.15) is 5.82 Å². The molecule has 1 atom stereocenters. The van der Waals surface area contributed by atoms with Gasteiger partial charge in [0.2, 0.25) is 0 Å². The lowest BCUT2D eigenvalue weighted by Gasteiger charge is -2.17. The summed E-state index contributed by atoms with van der Waals surface area (Å²) in [6.07, 6.45) is 1.64. The van der Waals surface area contributed by atoms with Crippen LogP contribution < -0.4 is 5.32 Å². The summed E-state index contributed by atoms with van der Waals surface area (Å²) in [5.74, 6) is 0.224. The van der Waals surface area contributed by atoms with E-state index in [1.54, 1.807) is 6.07 Å². The van der Waals surface area contributed by atoms with E-state index in [4.69, 9.17) is 0 Å². The van der Waals surface area contributed by atoms with E-state index in [-0.39, 0.29) is 5.82 Å². The lowest BCUT2D eigenvalue weighted by molar-refractivity contribution is 0.479. The molecule has 0 radical (unpaired) electrons. The standard InChI is InChI=1S/C17H18Br2FN/c1-21-11-13(7-12-3-2-4-15(18)9-12)8-14-10-16(19)5-6-17(14)20/h2-6,9-10,13,21H,7-8,11H2,1H3. The van der Waals surface area contributed by atoms with Gasteiger partial charge in [-0.25, -0.2) is 4.39 Å². The van der Waals surface area contributed by atoms with Crippen molar-refractivity contribution in [1.29, 1.82) is 0 Å². The first kappa shape index (κ1) is 16.7. The molecule has 21 heavy (non-hydrogen) atoms. The number of hydrogen-bond acceptors (Lipinski definition) is 1. The van der Waals surface area contributed by atoms with E-state index >= 15 is 0 Å². The third kappa shape index (κ3) is 5.20. The fourth-order valence-electron chi connectivity index (χ4n) is 2.51. The SMILES string of the molecule is CNCC(Cc1cccc(Br)c1)Cc1cc(Br)ccc1F. The number of rotatable bonds is 6. The summed E-state index contributed by atoms with van der Waals surface area (Å²) in [5, 5.41) is 3.21. The maximum absolute atomic E-state index is 13.9. The van der Waals surface area contributed by atoms with Crippen molar-refractivity contribution in [1.82, 2.24) is 5.32 Å². The molecule has 0 bridgehead atoms. The summed E-state index contributed by atoms with van der Waals surface area (Å²) in [4.78, 5) is 0. The Labute approximate surface area is 142 Å². The molecule has 2 aromatic rings. The van der Waals surface area contributed by atoms with E-state index in [2.05, 4.69) is 49.3 Å². The smallest absolute Gasteiger partial charge is 0.126 e. The molecule has 0 saturated heterocycles. The molecule has 0 spiro atoms. The topological polar surface area (TPSA) is 12.0 Å². The van der Waals surface area contributed by atoms with Crippen LogP contribution in [-0.2, 0) is 12.8 Å². The summed E-state index contributed by atoms with van der Waals surface area (Å²) >= 11 is 6.91. The minimum Gasteiger partial charge on any atom is -0.319 e. The van der Waals surface area contributed by atoms with Gasteiger partial charge in [-0.05, 0) is 73.8 Å². The zero-order valence-corrected chi connectivity index (χ0v) is 15.0. The maximum atomic E-state index is 13.9. The van der Waals surface area contributed by atoms with Crippen LogP contribution in [0.15, 0.2) is 51.4 Å². The number of hydrogen-bond donors (Lipinski definition) is 1. The molecule has 0 fully saturated rings. The van der Waals surface area contributed by atoms with Crippen molar-refractivity contribution in [2.24, 2.45) is 5.92 Å². The molecule has 1 nitrogen and oxygen atoms in total. The molecular formula is C17H18Br2FN. The first-order valence-corrected chi connectivity index (χ1v) is 8.50. The zero-order chi connectivity index (χ0) is 15.2. The van der Waals surface area contributed by atoms with Crippen molar-refractivity contribution >= 4 is 31.9 Å². The fraction of sp³-hybridized carbons (Fsp3) is 0.294. The van der Waals surface area contributed by atoms with Crippen LogP contribution >= 0.6 is 31.9 Å². The maximum Gasteiger partial charge on any atom is 0.126 e. The van der Waals surface area contributed by atoms with Gasteiger partial charge in [0.05, 0.1) is 0 Å². The van der Waals surface area contributed by atoms with Crippen LogP contribution in [0.5, 0.6) is 0 Å². The van der Waals surface area contributed by atoms with Gasteiger partial charge < -0.3 is 5.32 Å². The van der Waals surface area contributed by atoms with Crippen molar-refractivity contribution in [2.75, 3.05) is 13.6 Å². The number of halogens is 3. The number of nitrogens with one attached hydrogen (secondary N) is 1. The second kappa shape index (κ2) is 8.06. The van der Waals surface area contributed by atoms with E-state index in [1.807, 2.05) is 25.2 Å². The van der Waals surface area contributed by atoms with E-state index < -0.39 is 0 Å². The minimum atomic E-state index is -0.131. The van der Waals surface area contributed by atoms with Crippen LogP contribution in [0.4, 0.5) is 4.39 Å². The molecule has 0 aromatic heterocycles. The van der Waals surface area contributed by atoms with Crippen molar-refractivity contribution in [2.45, 2.75) is 12.8 Å². The highest BCUT2D eigenvalue weighted by atomic mass is 79.9. The Morgan fingerprint density at radius 3 is 2.52 bits per heavy atom. The normalized spacial score (nSPS) is 12.4. The molecule has 2 aromatic carbocycles. The molecular weight excluding hydrogens is 397 g/mol. The number of benzene rings is 2. The van der Waals surface area contributed by atoms with Gasteiger partial charge in [-0.15, -0.1) is 0 Å². The average Bonchev–Trinajstić information content (AvgIpc) is 2.43. The molecule has 112 valence electrons. The van der Waals surface area contributed by atoms with Crippen LogP contribution in [0.3, 0.4) is 0 Å². The Hall–Kier alpha value is -0.710. The van der Waals surface area contributed by atoms with E-state index in [0.29, 0.717) is 5.92 Å². The molecule has 0 aliphatic carbocycles. The predicted octanol–water partition coefficient (Wildman–Crippen LogP) is 4.97. The first-order chi connectivity index (χ1) is 10.1. The second-order valence-corrected chi connectivity index (χ2v) is 7.03. The van der Waals surface area contributed by atoms with Crippen LogP contribution in [0.1, 0.15) is 11.1 Å².